The third kappa shape index (κ3) is 4.65. The Morgan fingerprint density at radius 1 is 1.12 bits per heavy atom. The van der Waals surface area contributed by atoms with E-state index in [1.165, 1.54) is 0 Å². The standard InChI is InChI=1S/C21H26BrNO2Si/c1-26(2,3)12-11-25-15-23-10-9-17-13-18(22)14-19(20(17)23)21(24)16-7-5-4-6-8-16/h4-10,13-14,21,24H,11-12,15H2,1-3H3. The van der Waals surface area contributed by atoms with Crippen molar-refractivity contribution >= 4 is 34.9 Å². The average molecular weight is 432 g/mol. The Kier molecular flexibility index (Phi) is 6.02. The number of hydrogen-bond donors (Lipinski definition) is 1. The van der Waals surface area contributed by atoms with Crippen molar-refractivity contribution in [1.82, 2.24) is 4.57 Å². The topological polar surface area (TPSA) is 34.4 Å². The first-order chi connectivity index (χ1) is 12.3. The molecule has 1 atom stereocenters. The number of aliphatic hydroxyl groups excluding tert-OH is 1. The summed E-state index contributed by atoms with van der Waals surface area (Å²) in [6.45, 7) is 8.35. The molecule has 138 valence electrons. The van der Waals surface area contributed by atoms with Gasteiger partial charge in [0, 0.05) is 36.3 Å². The lowest BCUT2D eigenvalue weighted by Crippen LogP contribution is -2.22. The number of halogens is 1. The van der Waals surface area contributed by atoms with Crippen molar-refractivity contribution < 1.29 is 9.84 Å². The van der Waals surface area contributed by atoms with E-state index in [1.807, 2.05) is 42.6 Å². The van der Waals surface area contributed by atoms with Gasteiger partial charge in [0.25, 0.3) is 0 Å². The number of fused-ring (bicyclic) bond motifs is 1. The van der Waals surface area contributed by atoms with Gasteiger partial charge in [0.1, 0.15) is 12.8 Å². The van der Waals surface area contributed by atoms with E-state index in [0.29, 0.717) is 6.73 Å². The van der Waals surface area contributed by atoms with Gasteiger partial charge in [0.15, 0.2) is 0 Å². The molecule has 0 aliphatic rings. The summed E-state index contributed by atoms with van der Waals surface area (Å²) in [7, 11) is -1.09. The second-order valence-corrected chi connectivity index (χ2v) is 14.4. The van der Waals surface area contributed by atoms with E-state index in [1.54, 1.807) is 0 Å². The van der Waals surface area contributed by atoms with Gasteiger partial charge in [-0.05, 0) is 29.8 Å². The van der Waals surface area contributed by atoms with Crippen LogP contribution in [-0.2, 0) is 11.5 Å². The lowest BCUT2D eigenvalue weighted by Gasteiger charge is -2.18. The van der Waals surface area contributed by atoms with Gasteiger partial charge >= 0.3 is 0 Å². The Bertz CT molecular complexity index is 871. The van der Waals surface area contributed by atoms with E-state index in [2.05, 4.69) is 52.3 Å². The van der Waals surface area contributed by atoms with Gasteiger partial charge < -0.3 is 14.4 Å². The van der Waals surface area contributed by atoms with Crippen LogP contribution in [0.15, 0.2) is 59.2 Å². The minimum Gasteiger partial charge on any atom is -0.384 e. The van der Waals surface area contributed by atoms with Crippen molar-refractivity contribution in [2.75, 3.05) is 6.61 Å². The van der Waals surface area contributed by atoms with Crippen LogP contribution in [0.4, 0.5) is 0 Å². The number of nitrogens with zero attached hydrogens (tertiary/aromatic N) is 1. The largest absolute Gasteiger partial charge is 0.384 e. The Labute approximate surface area is 164 Å². The fourth-order valence-corrected chi connectivity index (χ4v) is 4.27. The molecule has 0 fully saturated rings. The van der Waals surface area contributed by atoms with Crippen LogP contribution in [0.5, 0.6) is 0 Å². The van der Waals surface area contributed by atoms with Gasteiger partial charge in [-0.3, -0.25) is 0 Å². The summed E-state index contributed by atoms with van der Waals surface area (Å²) < 4.78 is 8.99. The van der Waals surface area contributed by atoms with E-state index >= 15 is 0 Å². The number of ether oxygens (including phenoxy) is 1. The van der Waals surface area contributed by atoms with Crippen LogP contribution < -0.4 is 0 Å². The molecule has 1 N–H and O–H groups in total. The van der Waals surface area contributed by atoms with Crippen LogP contribution in [0.25, 0.3) is 10.9 Å². The molecule has 0 amide bonds. The van der Waals surface area contributed by atoms with E-state index in [9.17, 15) is 5.11 Å². The lowest BCUT2D eigenvalue weighted by molar-refractivity contribution is 0.0899. The maximum atomic E-state index is 11.0. The molecule has 5 heteroatoms. The zero-order valence-electron chi connectivity index (χ0n) is 15.6. The minimum atomic E-state index is -1.09. The predicted octanol–water partition coefficient (Wildman–Crippen LogP) is 5.80. The third-order valence-corrected chi connectivity index (χ3v) is 6.65. The zero-order chi connectivity index (χ0) is 18.7. The van der Waals surface area contributed by atoms with Crippen molar-refractivity contribution in [2.45, 2.75) is 38.5 Å². The molecule has 3 nitrogen and oxygen atoms in total. The molecule has 26 heavy (non-hydrogen) atoms. The predicted molar refractivity (Wildman–Crippen MR) is 114 cm³/mol. The summed E-state index contributed by atoms with van der Waals surface area (Å²) in [5.41, 5.74) is 2.80. The Balaban J connectivity index is 1.89. The van der Waals surface area contributed by atoms with Crippen molar-refractivity contribution in [3.63, 3.8) is 0 Å². The molecule has 1 heterocycles. The van der Waals surface area contributed by atoms with E-state index in [0.717, 1.165) is 39.2 Å². The van der Waals surface area contributed by atoms with Crippen LogP contribution in [0.1, 0.15) is 17.2 Å². The quantitative estimate of drug-likeness (QED) is 0.378. The monoisotopic (exact) mass is 431 g/mol. The molecule has 1 unspecified atom stereocenters. The van der Waals surface area contributed by atoms with Gasteiger partial charge in [0.05, 0.1) is 5.52 Å². The summed E-state index contributed by atoms with van der Waals surface area (Å²) in [6, 6.07) is 17.1. The first-order valence-electron chi connectivity index (χ1n) is 8.94. The van der Waals surface area contributed by atoms with E-state index in [-0.39, 0.29) is 0 Å². The van der Waals surface area contributed by atoms with Gasteiger partial charge in [-0.2, -0.15) is 0 Å². The molecule has 2 aromatic carbocycles. The number of hydrogen-bond acceptors (Lipinski definition) is 2. The molecule has 0 radical (unpaired) electrons. The van der Waals surface area contributed by atoms with E-state index in [4.69, 9.17) is 4.74 Å². The smallest absolute Gasteiger partial charge is 0.122 e. The number of aliphatic hydroxyl groups is 1. The van der Waals surface area contributed by atoms with Crippen LogP contribution >= 0.6 is 15.9 Å². The maximum absolute atomic E-state index is 11.0. The molecule has 0 saturated heterocycles. The van der Waals surface area contributed by atoms with Crippen LogP contribution in [-0.4, -0.2) is 24.4 Å². The van der Waals surface area contributed by atoms with Crippen molar-refractivity contribution in [3.05, 3.63) is 70.3 Å². The molecule has 3 aromatic rings. The Morgan fingerprint density at radius 2 is 1.85 bits per heavy atom. The summed E-state index contributed by atoms with van der Waals surface area (Å²) in [6.07, 6.45) is 1.36. The van der Waals surface area contributed by atoms with Gasteiger partial charge in [0.2, 0.25) is 0 Å². The zero-order valence-corrected chi connectivity index (χ0v) is 18.2. The highest BCUT2D eigenvalue weighted by molar-refractivity contribution is 9.10. The molecular weight excluding hydrogens is 406 g/mol. The number of aromatic nitrogens is 1. The summed E-state index contributed by atoms with van der Waals surface area (Å²) >= 11 is 3.57. The molecule has 0 bridgehead atoms. The Morgan fingerprint density at radius 3 is 2.54 bits per heavy atom. The van der Waals surface area contributed by atoms with E-state index < -0.39 is 14.2 Å². The summed E-state index contributed by atoms with van der Waals surface area (Å²) in [5.74, 6) is 0. The maximum Gasteiger partial charge on any atom is 0.122 e. The van der Waals surface area contributed by atoms with Crippen LogP contribution in [0, 0.1) is 0 Å². The summed E-state index contributed by atoms with van der Waals surface area (Å²) in [5, 5.41) is 12.1. The number of rotatable bonds is 7. The van der Waals surface area contributed by atoms with Crippen LogP contribution in [0.3, 0.4) is 0 Å². The van der Waals surface area contributed by atoms with Gasteiger partial charge in [-0.25, -0.2) is 0 Å². The second-order valence-electron chi connectivity index (χ2n) is 7.88. The SMILES string of the molecule is C[Si](C)(C)CCOCn1ccc2cc(Br)cc(C(O)c3ccccc3)c21. The highest BCUT2D eigenvalue weighted by atomic mass is 79.9. The number of benzene rings is 2. The molecule has 0 saturated carbocycles. The summed E-state index contributed by atoms with van der Waals surface area (Å²) in [4.78, 5) is 0. The van der Waals surface area contributed by atoms with Crippen molar-refractivity contribution in [2.24, 2.45) is 0 Å². The molecule has 1 aromatic heterocycles. The highest BCUT2D eigenvalue weighted by Gasteiger charge is 2.18. The molecule has 0 aliphatic carbocycles. The lowest BCUT2D eigenvalue weighted by atomic mass is 9.99. The minimum absolute atomic E-state index is 0.504. The van der Waals surface area contributed by atoms with Gasteiger partial charge in [-0.15, -0.1) is 0 Å². The molecule has 3 rings (SSSR count). The van der Waals surface area contributed by atoms with Crippen molar-refractivity contribution in [1.29, 1.82) is 0 Å². The second kappa shape index (κ2) is 8.09. The highest BCUT2D eigenvalue weighted by Crippen LogP contribution is 2.32. The van der Waals surface area contributed by atoms with Crippen LogP contribution in [0.2, 0.25) is 25.7 Å². The average Bonchev–Trinajstić information content (AvgIpc) is 3.00. The fourth-order valence-electron chi connectivity index (χ4n) is 3.02. The molecule has 0 spiro atoms. The third-order valence-electron chi connectivity index (χ3n) is 4.49. The first kappa shape index (κ1) is 19.4. The first-order valence-corrected chi connectivity index (χ1v) is 13.4. The fraction of sp³-hybridized carbons (Fsp3) is 0.333. The Hall–Kier alpha value is -1.40. The van der Waals surface area contributed by atoms with Crippen molar-refractivity contribution in [3.8, 4) is 0 Å². The molecule has 0 aliphatic heterocycles. The molecular formula is C21H26BrNO2Si. The van der Waals surface area contributed by atoms with Gasteiger partial charge in [-0.1, -0.05) is 65.9 Å². The normalized spacial score (nSPS) is 13.3.